The van der Waals surface area contributed by atoms with Gasteiger partial charge >= 0.3 is 0 Å². The first-order valence-corrected chi connectivity index (χ1v) is 10.4. The third-order valence-electron chi connectivity index (χ3n) is 5.53. The number of nitrogens with zero attached hydrogens (tertiary/aromatic N) is 5. The number of H-pyrrole nitrogens is 1. The number of methoxy groups -OCH3 is 1. The van der Waals surface area contributed by atoms with Gasteiger partial charge in [0.2, 0.25) is 0 Å². The number of hydrogen-bond donors (Lipinski definition) is 1. The van der Waals surface area contributed by atoms with Crippen molar-refractivity contribution in [3.8, 4) is 17.1 Å². The van der Waals surface area contributed by atoms with Gasteiger partial charge in [-0.05, 0) is 16.7 Å². The Morgan fingerprint density at radius 2 is 1.97 bits per heavy atom. The van der Waals surface area contributed by atoms with E-state index < -0.39 is 6.10 Å². The fraction of sp³-hybridized carbons (Fsp3) is 0.318. The zero-order valence-electron chi connectivity index (χ0n) is 17.6. The summed E-state index contributed by atoms with van der Waals surface area (Å²) < 4.78 is 25.1. The number of fused-ring (bicyclic) bond motifs is 1. The summed E-state index contributed by atoms with van der Waals surface area (Å²) in [5.41, 5.74) is 2.86. The van der Waals surface area contributed by atoms with Gasteiger partial charge in [-0.25, -0.2) is 14.6 Å². The summed E-state index contributed by atoms with van der Waals surface area (Å²) in [6.07, 6.45) is 3.05. The third-order valence-corrected chi connectivity index (χ3v) is 5.53. The van der Waals surface area contributed by atoms with E-state index in [-0.39, 0.29) is 6.61 Å². The standard InChI is InChI=1S/C22H23FN6O3/c1-30-19(14-32-23)22-25-20(28-8-10-31-11-9-28)12-21(26-22)29-7-6-18(27-29)16-13-24-17-5-3-2-4-15(16)17/h2-7,12-13,19,24H,8-11,14H2,1H3. The van der Waals surface area contributed by atoms with Gasteiger partial charge in [0, 0.05) is 55.1 Å². The van der Waals surface area contributed by atoms with Crippen LogP contribution in [0, 0.1) is 0 Å². The highest BCUT2D eigenvalue weighted by molar-refractivity contribution is 5.94. The number of rotatable bonds is 7. The predicted molar refractivity (Wildman–Crippen MR) is 116 cm³/mol. The van der Waals surface area contributed by atoms with E-state index in [4.69, 9.17) is 14.6 Å². The van der Waals surface area contributed by atoms with Gasteiger partial charge in [0.25, 0.3) is 0 Å². The quantitative estimate of drug-likeness (QED) is 0.474. The van der Waals surface area contributed by atoms with Gasteiger partial charge in [-0.3, -0.25) is 0 Å². The zero-order chi connectivity index (χ0) is 21.9. The molecule has 0 spiro atoms. The first kappa shape index (κ1) is 20.6. The van der Waals surface area contributed by atoms with Crippen LogP contribution in [0.1, 0.15) is 11.9 Å². The molecular formula is C22H23FN6O3. The predicted octanol–water partition coefficient (Wildman–Crippen LogP) is 3.24. The lowest BCUT2D eigenvalue weighted by Crippen LogP contribution is -2.37. The molecular weight excluding hydrogens is 415 g/mol. The van der Waals surface area contributed by atoms with Gasteiger partial charge < -0.3 is 19.4 Å². The number of aromatic amines is 1. The molecule has 166 valence electrons. The van der Waals surface area contributed by atoms with Crippen molar-refractivity contribution in [3.05, 3.63) is 54.6 Å². The summed E-state index contributed by atoms with van der Waals surface area (Å²) in [5, 5.41) is 5.84. The van der Waals surface area contributed by atoms with Gasteiger partial charge in [-0.2, -0.15) is 10.0 Å². The van der Waals surface area contributed by atoms with Crippen LogP contribution in [0.15, 0.2) is 48.8 Å². The van der Waals surface area contributed by atoms with E-state index in [2.05, 4.69) is 30.9 Å². The van der Waals surface area contributed by atoms with Crippen LogP contribution in [0.3, 0.4) is 0 Å². The first-order chi connectivity index (χ1) is 15.8. The van der Waals surface area contributed by atoms with Crippen molar-refractivity contribution >= 4 is 16.7 Å². The second-order valence-electron chi connectivity index (χ2n) is 7.44. The van der Waals surface area contributed by atoms with Crippen LogP contribution in [0.5, 0.6) is 0 Å². The van der Waals surface area contributed by atoms with Crippen LogP contribution in [-0.4, -0.2) is 64.8 Å². The monoisotopic (exact) mass is 438 g/mol. The van der Waals surface area contributed by atoms with Crippen LogP contribution in [-0.2, 0) is 14.4 Å². The van der Waals surface area contributed by atoms with E-state index in [1.165, 1.54) is 7.11 Å². The fourth-order valence-electron chi connectivity index (χ4n) is 3.84. The summed E-state index contributed by atoms with van der Waals surface area (Å²) in [7, 11) is 1.47. The van der Waals surface area contributed by atoms with Crippen LogP contribution in [0.2, 0.25) is 0 Å². The Balaban J connectivity index is 1.55. The Bertz CT molecular complexity index is 1180. The first-order valence-electron chi connectivity index (χ1n) is 10.4. The number of aromatic nitrogens is 5. The number of hydrogen-bond acceptors (Lipinski definition) is 7. The summed E-state index contributed by atoms with van der Waals surface area (Å²) in [4.78, 5) is 18.4. The van der Waals surface area contributed by atoms with Gasteiger partial charge in [0.15, 0.2) is 11.6 Å². The molecule has 0 bridgehead atoms. The minimum Gasteiger partial charge on any atom is -0.378 e. The molecule has 1 fully saturated rings. The topological polar surface area (TPSA) is 90.3 Å². The normalized spacial score (nSPS) is 15.4. The molecule has 1 aromatic carbocycles. The van der Waals surface area contributed by atoms with Crippen LogP contribution in [0.4, 0.5) is 10.3 Å². The molecule has 0 aliphatic carbocycles. The molecule has 1 saturated heterocycles. The van der Waals surface area contributed by atoms with E-state index >= 15 is 0 Å². The van der Waals surface area contributed by atoms with Crippen molar-refractivity contribution in [2.45, 2.75) is 6.10 Å². The van der Waals surface area contributed by atoms with E-state index in [9.17, 15) is 4.53 Å². The van der Waals surface area contributed by atoms with Crippen molar-refractivity contribution in [2.24, 2.45) is 0 Å². The molecule has 4 heterocycles. The highest BCUT2D eigenvalue weighted by Gasteiger charge is 2.21. The molecule has 3 aromatic heterocycles. The molecule has 32 heavy (non-hydrogen) atoms. The molecule has 1 aliphatic heterocycles. The zero-order valence-corrected chi connectivity index (χ0v) is 17.6. The summed E-state index contributed by atoms with van der Waals surface area (Å²) in [5.74, 6) is 1.59. The van der Waals surface area contributed by atoms with Crippen LogP contribution >= 0.6 is 0 Å². The van der Waals surface area contributed by atoms with Crippen molar-refractivity contribution < 1.29 is 18.9 Å². The molecule has 1 unspecified atom stereocenters. The third kappa shape index (κ3) is 3.95. The highest BCUT2D eigenvalue weighted by atomic mass is 19.3. The number of halogens is 1. The lowest BCUT2D eigenvalue weighted by atomic mass is 10.1. The Kier molecular flexibility index (Phi) is 5.80. The Morgan fingerprint density at radius 3 is 2.78 bits per heavy atom. The van der Waals surface area contributed by atoms with Crippen LogP contribution in [0.25, 0.3) is 28.0 Å². The van der Waals surface area contributed by atoms with E-state index in [1.807, 2.05) is 42.7 Å². The molecule has 5 rings (SSSR count). The summed E-state index contributed by atoms with van der Waals surface area (Å²) in [6, 6.07) is 11.9. The lowest BCUT2D eigenvalue weighted by molar-refractivity contribution is -0.164. The maximum Gasteiger partial charge on any atom is 0.164 e. The van der Waals surface area contributed by atoms with Crippen molar-refractivity contribution in [2.75, 3.05) is 44.9 Å². The molecule has 1 aliphatic rings. The second-order valence-corrected chi connectivity index (χ2v) is 7.44. The molecule has 9 nitrogen and oxygen atoms in total. The minimum atomic E-state index is -0.747. The largest absolute Gasteiger partial charge is 0.378 e. The number of morpholine rings is 1. The Morgan fingerprint density at radius 1 is 1.16 bits per heavy atom. The molecule has 0 radical (unpaired) electrons. The molecule has 1 N–H and O–H groups in total. The summed E-state index contributed by atoms with van der Waals surface area (Å²) >= 11 is 0. The number of para-hydroxylation sites is 1. The molecule has 4 aromatic rings. The highest BCUT2D eigenvalue weighted by Crippen LogP contribution is 2.28. The van der Waals surface area contributed by atoms with Crippen molar-refractivity contribution in [1.82, 2.24) is 24.7 Å². The fourth-order valence-corrected chi connectivity index (χ4v) is 3.84. The van der Waals surface area contributed by atoms with Gasteiger partial charge in [-0.1, -0.05) is 18.2 Å². The lowest BCUT2D eigenvalue weighted by Gasteiger charge is -2.28. The average Bonchev–Trinajstić information content (AvgIpc) is 3.50. The molecule has 10 heteroatoms. The van der Waals surface area contributed by atoms with Gasteiger partial charge in [-0.15, -0.1) is 0 Å². The number of nitrogens with one attached hydrogen (secondary N) is 1. The maximum absolute atomic E-state index is 12.6. The molecule has 0 amide bonds. The smallest absolute Gasteiger partial charge is 0.164 e. The number of ether oxygens (including phenoxy) is 2. The van der Waals surface area contributed by atoms with Crippen molar-refractivity contribution in [1.29, 1.82) is 0 Å². The van der Waals surface area contributed by atoms with E-state index in [0.29, 0.717) is 43.8 Å². The summed E-state index contributed by atoms with van der Waals surface area (Å²) in [6.45, 7) is 2.33. The maximum atomic E-state index is 12.6. The Labute approximate surface area is 183 Å². The van der Waals surface area contributed by atoms with Crippen molar-refractivity contribution in [3.63, 3.8) is 0 Å². The van der Waals surface area contributed by atoms with E-state index in [0.717, 1.165) is 22.2 Å². The van der Waals surface area contributed by atoms with E-state index in [1.54, 1.807) is 4.68 Å². The molecule has 0 saturated carbocycles. The number of benzene rings is 1. The van der Waals surface area contributed by atoms with Gasteiger partial charge in [0.1, 0.15) is 18.5 Å². The second kappa shape index (κ2) is 9.03. The number of anilines is 1. The van der Waals surface area contributed by atoms with Crippen LogP contribution < -0.4 is 4.90 Å². The van der Waals surface area contributed by atoms with Gasteiger partial charge in [0.05, 0.1) is 18.9 Å². The minimum absolute atomic E-state index is 0.303. The Hall–Kier alpha value is -3.34. The average molecular weight is 438 g/mol. The SMILES string of the molecule is COC(COF)c1nc(N2CCOCC2)cc(-n2ccc(-c3c[nH]c4ccccc34)n2)n1. The molecule has 1 atom stereocenters.